The molecule has 26 heavy (non-hydrogen) atoms. The van der Waals surface area contributed by atoms with Crippen LogP contribution < -0.4 is 4.90 Å². The van der Waals surface area contributed by atoms with Crippen LogP contribution in [0.25, 0.3) is 16.7 Å². The van der Waals surface area contributed by atoms with E-state index in [1.807, 2.05) is 0 Å². The summed E-state index contributed by atoms with van der Waals surface area (Å²) in [5.74, 6) is 0. The van der Waals surface area contributed by atoms with Gasteiger partial charge in [0.2, 0.25) is 0 Å². The average molecular weight is 337 g/mol. The highest BCUT2D eigenvalue weighted by Gasteiger charge is 2.16. The summed E-state index contributed by atoms with van der Waals surface area (Å²) in [6.45, 7) is 0. The topological polar surface area (TPSA) is 3.24 Å². The first kappa shape index (κ1) is 16.4. The Morgan fingerprint density at radius 2 is 1.12 bits per heavy atom. The zero-order valence-corrected chi connectivity index (χ0v) is 15.1. The summed E-state index contributed by atoms with van der Waals surface area (Å²) in [6.07, 6.45) is 6.92. The van der Waals surface area contributed by atoms with Gasteiger partial charge in [-0.15, -0.1) is 0 Å². The monoisotopic (exact) mass is 337 g/mol. The molecule has 0 heterocycles. The van der Waals surface area contributed by atoms with Crippen molar-refractivity contribution >= 4 is 11.3 Å². The van der Waals surface area contributed by atoms with Gasteiger partial charge in [-0.05, 0) is 41.7 Å². The van der Waals surface area contributed by atoms with E-state index in [2.05, 4.69) is 109 Å². The molecule has 0 aliphatic heterocycles. The van der Waals surface area contributed by atoms with Crippen LogP contribution in [0.4, 0.5) is 5.69 Å². The second kappa shape index (κ2) is 7.45. The predicted molar refractivity (Wildman–Crippen MR) is 112 cm³/mol. The predicted octanol–water partition coefficient (Wildman–Crippen LogP) is 6.55. The van der Waals surface area contributed by atoms with Crippen molar-refractivity contribution in [3.63, 3.8) is 0 Å². The molecule has 0 aromatic heterocycles. The minimum absolute atomic E-state index is 1.10. The van der Waals surface area contributed by atoms with E-state index < -0.39 is 0 Å². The Labute approximate surface area is 155 Å². The molecule has 1 nitrogen and oxygen atoms in total. The second-order valence-electron chi connectivity index (χ2n) is 6.62. The van der Waals surface area contributed by atoms with Gasteiger partial charge in [-0.2, -0.15) is 0 Å². The fraction of sp³-hybridized carbons (Fsp3) is 0.120. The lowest BCUT2D eigenvalue weighted by molar-refractivity contribution is 0.991. The fourth-order valence-corrected chi connectivity index (χ4v) is 3.51. The van der Waals surface area contributed by atoms with Crippen molar-refractivity contribution in [3.8, 4) is 11.1 Å². The zero-order valence-electron chi connectivity index (χ0n) is 15.1. The van der Waals surface area contributed by atoms with Crippen LogP contribution in [0.2, 0.25) is 0 Å². The average Bonchev–Trinajstić information content (AvgIpc) is 2.75. The maximum absolute atomic E-state index is 2.36. The van der Waals surface area contributed by atoms with Crippen LogP contribution in [-0.2, 0) is 0 Å². The van der Waals surface area contributed by atoms with E-state index in [1.165, 1.54) is 33.6 Å². The lowest BCUT2D eigenvalue weighted by Gasteiger charge is -2.27. The van der Waals surface area contributed by atoms with Crippen LogP contribution in [0.15, 0.2) is 103 Å². The highest BCUT2D eigenvalue weighted by atomic mass is 15.1. The highest BCUT2D eigenvalue weighted by Crippen LogP contribution is 2.33. The molecule has 0 amide bonds. The summed E-state index contributed by atoms with van der Waals surface area (Å²) in [5, 5.41) is 0. The van der Waals surface area contributed by atoms with Gasteiger partial charge < -0.3 is 4.90 Å². The van der Waals surface area contributed by atoms with E-state index in [4.69, 9.17) is 0 Å². The van der Waals surface area contributed by atoms with E-state index in [-0.39, 0.29) is 0 Å². The van der Waals surface area contributed by atoms with Crippen molar-refractivity contribution in [2.45, 2.75) is 12.8 Å². The highest BCUT2D eigenvalue weighted by molar-refractivity contribution is 5.84. The van der Waals surface area contributed by atoms with Crippen molar-refractivity contribution in [2.75, 3.05) is 11.9 Å². The minimum Gasteiger partial charge on any atom is -0.344 e. The van der Waals surface area contributed by atoms with Crippen molar-refractivity contribution in [2.24, 2.45) is 0 Å². The third-order valence-electron chi connectivity index (χ3n) is 4.94. The molecular formula is C25H23N. The SMILES string of the molecule is CN(C1=CCCC=C1c1ccccc1)c1ccc(-c2ccccc2)cc1. The Bertz CT molecular complexity index is 919. The third-order valence-corrected chi connectivity index (χ3v) is 4.94. The molecule has 3 aromatic carbocycles. The molecule has 0 N–H and O–H groups in total. The van der Waals surface area contributed by atoms with Crippen LogP contribution in [0, 0.1) is 0 Å². The quantitative estimate of drug-likeness (QED) is 0.521. The molecule has 4 rings (SSSR count). The van der Waals surface area contributed by atoms with Crippen molar-refractivity contribution in [1.29, 1.82) is 0 Å². The molecule has 128 valence electrons. The Kier molecular flexibility index (Phi) is 4.70. The van der Waals surface area contributed by atoms with Gasteiger partial charge in [0.25, 0.3) is 0 Å². The first-order valence-electron chi connectivity index (χ1n) is 9.18. The number of benzene rings is 3. The number of hydrogen-bond acceptors (Lipinski definition) is 1. The number of allylic oxidation sites excluding steroid dienone is 3. The molecule has 0 saturated heterocycles. The summed E-state index contributed by atoms with van der Waals surface area (Å²) in [4.78, 5) is 2.30. The van der Waals surface area contributed by atoms with Gasteiger partial charge in [-0.1, -0.05) is 84.9 Å². The van der Waals surface area contributed by atoms with Crippen molar-refractivity contribution in [3.05, 3.63) is 108 Å². The van der Waals surface area contributed by atoms with Crippen LogP contribution >= 0.6 is 0 Å². The largest absolute Gasteiger partial charge is 0.344 e. The molecule has 1 aliphatic carbocycles. The van der Waals surface area contributed by atoms with E-state index in [1.54, 1.807) is 0 Å². The van der Waals surface area contributed by atoms with Gasteiger partial charge in [0, 0.05) is 24.0 Å². The van der Waals surface area contributed by atoms with Gasteiger partial charge in [-0.3, -0.25) is 0 Å². The van der Waals surface area contributed by atoms with E-state index in [0.29, 0.717) is 0 Å². The Hall–Kier alpha value is -3.06. The van der Waals surface area contributed by atoms with Crippen LogP contribution in [0.1, 0.15) is 18.4 Å². The fourth-order valence-electron chi connectivity index (χ4n) is 3.51. The number of hydrogen-bond donors (Lipinski definition) is 0. The van der Waals surface area contributed by atoms with E-state index in [0.717, 1.165) is 12.8 Å². The lowest BCUT2D eigenvalue weighted by Crippen LogP contribution is -2.19. The van der Waals surface area contributed by atoms with Crippen LogP contribution in [0.3, 0.4) is 0 Å². The van der Waals surface area contributed by atoms with Crippen LogP contribution in [0.5, 0.6) is 0 Å². The van der Waals surface area contributed by atoms with Gasteiger partial charge >= 0.3 is 0 Å². The molecule has 0 fully saturated rings. The summed E-state index contributed by atoms with van der Waals surface area (Å²) in [5.41, 5.74) is 7.61. The summed E-state index contributed by atoms with van der Waals surface area (Å²) in [7, 11) is 2.16. The molecule has 0 spiro atoms. The van der Waals surface area contributed by atoms with Crippen molar-refractivity contribution < 1.29 is 0 Å². The van der Waals surface area contributed by atoms with E-state index in [9.17, 15) is 0 Å². The molecule has 0 unspecified atom stereocenters. The van der Waals surface area contributed by atoms with Gasteiger partial charge in [0.05, 0.1) is 0 Å². The summed E-state index contributed by atoms with van der Waals surface area (Å²) in [6, 6.07) is 30.0. The smallest absolute Gasteiger partial charge is 0.0444 e. The number of nitrogens with zero attached hydrogens (tertiary/aromatic N) is 1. The molecule has 1 heteroatoms. The first-order chi connectivity index (χ1) is 12.8. The Balaban J connectivity index is 1.61. The number of likely N-dealkylation sites (N-methyl/N-ethyl adjacent to an activating group) is 1. The summed E-state index contributed by atoms with van der Waals surface area (Å²) < 4.78 is 0. The Morgan fingerprint density at radius 1 is 0.577 bits per heavy atom. The number of anilines is 1. The molecule has 3 aromatic rings. The standard InChI is InChI=1S/C25H23N/c1-26(23-18-16-21(17-19-23)20-10-4-2-5-11-20)25-15-9-8-14-24(25)22-12-6-3-7-13-22/h2-7,10-19H,8-9H2,1H3. The van der Waals surface area contributed by atoms with Gasteiger partial charge in [-0.25, -0.2) is 0 Å². The van der Waals surface area contributed by atoms with Crippen LogP contribution in [-0.4, -0.2) is 7.05 Å². The maximum atomic E-state index is 2.36. The summed E-state index contributed by atoms with van der Waals surface area (Å²) >= 11 is 0. The zero-order chi connectivity index (χ0) is 17.8. The lowest BCUT2D eigenvalue weighted by atomic mass is 9.95. The van der Waals surface area contributed by atoms with Gasteiger partial charge in [0.15, 0.2) is 0 Å². The Morgan fingerprint density at radius 3 is 1.77 bits per heavy atom. The molecule has 0 saturated carbocycles. The van der Waals surface area contributed by atoms with Crippen molar-refractivity contribution in [1.82, 2.24) is 0 Å². The third kappa shape index (κ3) is 3.34. The molecular weight excluding hydrogens is 314 g/mol. The molecule has 0 bridgehead atoms. The minimum atomic E-state index is 1.10. The first-order valence-corrected chi connectivity index (χ1v) is 9.18. The second-order valence-corrected chi connectivity index (χ2v) is 6.62. The number of rotatable bonds is 4. The van der Waals surface area contributed by atoms with E-state index >= 15 is 0 Å². The molecule has 1 aliphatic rings. The molecule has 0 radical (unpaired) electrons. The van der Waals surface area contributed by atoms with Gasteiger partial charge in [0.1, 0.15) is 0 Å². The molecule has 0 atom stereocenters. The normalized spacial score (nSPS) is 13.7. The maximum Gasteiger partial charge on any atom is 0.0444 e.